The van der Waals surface area contributed by atoms with Crippen LogP contribution < -0.4 is 5.32 Å². The van der Waals surface area contributed by atoms with E-state index in [-0.39, 0.29) is 5.91 Å². The average Bonchev–Trinajstić information content (AvgIpc) is 2.25. The zero-order valence-electron chi connectivity index (χ0n) is 12.5. The maximum Gasteiger partial charge on any atom is 0.247 e. The van der Waals surface area contributed by atoms with Gasteiger partial charge in [0.25, 0.3) is 0 Å². The molecule has 1 aliphatic heterocycles. The summed E-state index contributed by atoms with van der Waals surface area (Å²) in [5, 5.41) is 2.87. The van der Waals surface area contributed by atoms with Crippen molar-refractivity contribution in [3.05, 3.63) is 12.2 Å². The van der Waals surface area contributed by atoms with Crippen LogP contribution in [0.2, 0.25) is 0 Å². The largest absolute Gasteiger partial charge is 0.378 e. The molecule has 1 fully saturated rings. The number of amides is 1. The standard InChI is InChI=1S/C12H22N2O2.C2H6/c1-9(2)5-13-12(15)10(3)6-14(4)11-7-16-8-11;1-2/h9,11H,3,5-8H2,1-2,4H3,(H,13,15);1-2H3. The van der Waals surface area contributed by atoms with Crippen LogP contribution in [0.25, 0.3) is 0 Å². The SMILES string of the molecule is C=C(CN(C)C1COC1)C(=O)NCC(C)C.CC. The number of hydrogen-bond acceptors (Lipinski definition) is 3. The van der Waals surface area contributed by atoms with Crippen LogP contribution in [-0.2, 0) is 9.53 Å². The molecule has 0 spiro atoms. The Kier molecular flexibility index (Phi) is 8.67. The Labute approximate surface area is 111 Å². The lowest BCUT2D eigenvalue weighted by molar-refractivity contribution is -0.118. The molecule has 0 aliphatic carbocycles. The van der Waals surface area contributed by atoms with Gasteiger partial charge in [0.1, 0.15) is 0 Å². The van der Waals surface area contributed by atoms with Crippen molar-refractivity contribution in [2.24, 2.45) is 5.92 Å². The predicted octanol–water partition coefficient (Wildman–Crippen LogP) is 1.67. The van der Waals surface area contributed by atoms with Gasteiger partial charge in [-0.15, -0.1) is 0 Å². The summed E-state index contributed by atoms with van der Waals surface area (Å²) in [7, 11) is 1.99. The Balaban J connectivity index is 0.00000137. The summed E-state index contributed by atoms with van der Waals surface area (Å²) < 4.78 is 5.11. The number of nitrogens with one attached hydrogen (secondary N) is 1. The fourth-order valence-corrected chi connectivity index (χ4v) is 1.40. The first-order valence-corrected chi connectivity index (χ1v) is 6.74. The fourth-order valence-electron chi connectivity index (χ4n) is 1.40. The Morgan fingerprint density at radius 1 is 1.44 bits per heavy atom. The number of rotatable bonds is 6. The molecule has 18 heavy (non-hydrogen) atoms. The van der Waals surface area contributed by atoms with Crippen molar-refractivity contribution in [1.82, 2.24) is 10.2 Å². The minimum absolute atomic E-state index is 0.0409. The first-order valence-electron chi connectivity index (χ1n) is 6.74. The molecule has 1 rings (SSSR count). The van der Waals surface area contributed by atoms with Crippen molar-refractivity contribution in [2.75, 3.05) is 33.4 Å². The van der Waals surface area contributed by atoms with Crippen LogP contribution in [0, 0.1) is 5.92 Å². The van der Waals surface area contributed by atoms with Crippen molar-refractivity contribution in [3.8, 4) is 0 Å². The van der Waals surface area contributed by atoms with Crippen LogP contribution in [0.3, 0.4) is 0 Å². The van der Waals surface area contributed by atoms with E-state index in [0.717, 1.165) is 13.2 Å². The quantitative estimate of drug-likeness (QED) is 0.735. The van der Waals surface area contributed by atoms with E-state index in [0.29, 0.717) is 30.6 Å². The van der Waals surface area contributed by atoms with Crippen LogP contribution in [0.4, 0.5) is 0 Å². The van der Waals surface area contributed by atoms with Crippen molar-refractivity contribution in [3.63, 3.8) is 0 Å². The van der Waals surface area contributed by atoms with Crippen LogP contribution in [0.5, 0.6) is 0 Å². The molecule has 4 heteroatoms. The van der Waals surface area contributed by atoms with Gasteiger partial charge in [-0.2, -0.15) is 0 Å². The molecule has 0 atom stereocenters. The summed E-state index contributed by atoms with van der Waals surface area (Å²) in [6.07, 6.45) is 0. The monoisotopic (exact) mass is 256 g/mol. The number of likely N-dealkylation sites (N-methyl/N-ethyl adjacent to an activating group) is 1. The molecule has 1 amide bonds. The summed E-state index contributed by atoms with van der Waals surface area (Å²) in [4.78, 5) is 13.8. The van der Waals surface area contributed by atoms with Gasteiger partial charge < -0.3 is 10.1 Å². The van der Waals surface area contributed by atoms with Crippen LogP contribution in [0.1, 0.15) is 27.7 Å². The minimum atomic E-state index is -0.0409. The Hall–Kier alpha value is -0.870. The number of carbonyl (C=O) groups is 1. The summed E-state index contributed by atoms with van der Waals surface area (Å²) in [6, 6.07) is 0.439. The van der Waals surface area contributed by atoms with E-state index in [1.54, 1.807) is 0 Å². The normalized spacial score (nSPS) is 14.8. The minimum Gasteiger partial charge on any atom is -0.378 e. The second-order valence-electron chi connectivity index (χ2n) is 4.81. The molecule has 0 unspecified atom stereocenters. The van der Waals surface area contributed by atoms with Gasteiger partial charge in [-0.3, -0.25) is 9.69 Å². The lowest BCUT2D eigenvalue weighted by Gasteiger charge is -2.34. The second-order valence-corrected chi connectivity index (χ2v) is 4.81. The van der Waals surface area contributed by atoms with E-state index in [2.05, 4.69) is 30.6 Å². The number of hydrogen-bond donors (Lipinski definition) is 1. The third-order valence-electron chi connectivity index (χ3n) is 2.68. The van der Waals surface area contributed by atoms with Crippen molar-refractivity contribution in [1.29, 1.82) is 0 Å². The molecule has 0 radical (unpaired) electrons. The van der Waals surface area contributed by atoms with Gasteiger partial charge in [-0.1, -0.05) is 34.3 Å². The Morgan fingerprint density at radius 3 is 2.39 bits per heavy atom. The molecule has 1 heterocycles. The van der Waals surface area contributed by atoms with E-state index < -0.39 is 0 Å². The molecular weight excluding hydrogens is 228 g/mol. The number of nitrogens with zero attached hydrogens (tertiary/aromatic N) is 1. The highest BCUT2D eigenvalue weighted by Crippen LogP contribution is 2.09. The Bertz CT molecular complexity index is 261. The highest BCUT2D eigenvalue weighted by molar-refractivity contribution is 5.93. The zero-order chi connectivity index (χ0) is 14.1. The molecule has 1 N–H and O–H groups in total. The summed E-state index contributed by atoms with van der Waals surface area (Å²) in [5.41, 5.74) is 0.620. The average molecular weight is 256 g/mol. The van der Waals surface area contributed by atoms with Crippen LogP contribution in [-0.4, -0.2) is 50.2 Å². The molecular formula is C14H28N2O2. The first kappa shape index (κ1) is 17.1. The number of ether oxygens (including phenoxy) is 1. The van der Waals surface area contributed by atoms with Crippen molar-refractivity contribution < 1.29 is 9.53 Å². The van der Waals surface area contributed by atoms with E-state index in [4.69, 9.17) is 4.74 Å². The molecule has 0 saturated carbocycles. The summed E-state index contributed by atoms with van der Waals surface area (Å²) in [5.74, 6) is 0.426. The van der Waals surface area contributed by atoms with Gasteiger partial charge in [0.2, 0.25) is 5.91 Å². The Morgan fingerprint density at radius 2 is 2.00 bits per heavy atom. The molecule has 0 bridgehead atoms. The van der Waals surface area contributed by atoms with Crippen LogP contribution >= 0.6 is 0 Å². The molecule has 0 aromatic heterocycles. The first-order chi connectivity index (χ1) is 8.50. The third-order valence-corrected chi connectivity index (χ3v) is 2.68. The van der Waals surface area contributed by atoms with Gasteiger partial charge >= 0.3 is 0 Å². The molecule has 4 nitrogen and oxygen atoms in total. The molecule has 106 valence electrons. The molecule has 1 saturated heterocycles. The van der Waals surface area contributed by atoms with Crippen LogP contribution in [0.15, 0.2) is 12.2 Å². The maximum atomic E-state index is 11.6. The topological polar surface area (TPSA) is 41.6 Å². The smallest absolute Gasteiger partial charge is 0.247 e. The lowest BCUT2D eigenvalue weighted by atomic mass is 10.1. The highest BCUT2D eigenvalue weighted by atomic mass is 16.5. The van der Waals surface area contributed by atoms with Gasteiger partial charge in [0, 0.05) is 18.7 Å². The van der Waals surface area contributed by atoms with Crippen molar-refractivity contribution >= 4 is 5.91 Å². The van der Waals surface area contributed by atoms with Gasteiger partial charge in [0.05, 0.1) is 19.3 Å². The summed E-state index contributed by atoms with van der Waals surface area (Å²) in [6.45, 7) is 14.8. The zero-order valence-corrected chi connectivity index (χ0v) is 12.5. The van der Waals surface area contributed by atoms with Crippen molar-refractivity contribution in [2.45, 2.75) is 33.7 Å². The second kappa shape index (κ2) is 9.11. The van der Waals surface area contributed by atoms with Gasteiger partial charge in [-0.25, -0.2) is 0 Å². The van der Waals surface area contributed by atoms with Gasteiger partial charge in [-0.05, 0) is 13.0 Å². The van der Waals surface area contributed by atoms with E-state index in [1.807, 2.05) is 20.9 Å². The third kappa shape index (κ3) is 6.17. The fraction of sp³-hybridized carbons (Fsp3) is 0.786. The van der Waals surface area contributed by atoms with Gasteiger partial charge in [0.15, 0.2) is 0 Å². The summed E-state index contributed by atoms with van der Waals surface area (Å²) >= 11 is 0. The molecule has 0 aromatic rings. The molecule has 1 aliphatic rings. The maximum absolute atomic E-state index is 11.6. The van der Waals surface area contributed by atoms with E-state index >= 15 is 0 Å². The lowest BCUT2D eigenvalue weighted by Crippen LogP contribution is -2.48. The van der Waals surface area contributed by atoms with E-state index in [9.17, 15) is 4.79 Å². The predicted molar refractivity (Wildman–Crippen MR) is 75.6 cm³/mol. The van der Waals surface area contributed by atoms with E-state index in [1.165, 1.54) is 0 Å². The number of carbonyl (C=O) groups excluding carboxylic acids is 1. The highest BCUT2D eigenvalue weighted by Gasteiger charge is 2.24. The molecule has 0 aromatic carbocycles.